The van der Waals surface area contributed by atoms with Gasteiger partial charge in [-0.2, -0.15) is 4.98 Å². The van der Waals surface area contributed by atoms with Gasteiger partial charge in [-0.3, -0.25) is 0 Å². The van der Waals surface area contributed by atoms with Gasteiger partial charge < -0.3 is 14.4 Å². The second-order valence-electron chi connectivity index (χ2n) is 3.58. The molecule has 1 N–H and O–H groups in total. The Kier molecular flexibility index (Phi) is 3.57. The third-order valence-electron chi connectivity index (χ3n) is 2.26. The van der Waals surface area contributed by atoms with Crippen LogP contribution in [0.15, 0.2) is 28.8 Å². The molecule has 0 atom stereocenters. The Morgan fingerprint density at radius 1 is 1.50 bits per heavy atom. The number of hydrogen-bond acceptors (Lipinski definition) is 5. The monoisotopic (exact) mass is 248 g/mol. The van der Waals surface area contributed by atoms with E-state index in [9.17, 15) is 4.79 Å². The van der Waals surface area contributed by atoms with Crippen molar-refractivity contribution < 1.29 is 19.2 Å². The van der Waals surface area contributed by atoms with Gasteiger partial charge in [0, 0.05) is 6.42 Å². The molecule has 0 fully saturated rings. The van der Waals surface area contributed by atoms with Crippen LogP contribution in [0.4, 0.5) is 0 Å². The van der Waals surface area contributed by atoms with Crippen molar-refractivity contribution >= 4 is 5.97 Å². The minimum atomic E-state index is -0.992. The quantitative estimate of drug-likeness (QED) is 0.869. The first kappa shape index (κ1) is 12.1. The molecule has 0 saturated heterocycles. The summed E-state index contributed by atoms with van der Waals surface area (Å²) in [5, 5.41) is 12.6. The van der Waals surface area contributed by atoms with Crippen molar-refractivity contribution in [3.8, 4) is 5.75 Å². The largest absolute Gasteiger partial charge is 0.485 e. The van der Waals surface area contributed by atoms with Gasteiger partial charge >= 0.3 is 5.97 Å². The van der Waals surface area contributed by atoms with Gasteiger partial charge in [0.1, 0.15) is 5.75 Å². The lowest BCUT2D eigenvalue weighted by molar-refractivity contribution is 0.0696. The molecule has 2 aromatic rings. The molecule has 0 amide bonds. The average Bonchev–Trinajstić information content (AvgIpc) is 2.84. The third kappa shape index (κ3) is 2.85. The zero-order chi connectivity index (χ0) is 13.0. The lowest BCUT2D eigenvalue weighted by atomic mass is 10.2. The predicted molar refractivity (Wildman–Crippen MR) is 61.4 cm³/mol. The SMILES string of the molecule is CCc1nc(COc2cccc(C(=O)O)c2)no1. The van der Waals surface area contributed by atoms with Crippen molar-refractivity contribution in [1.82, 2.24) is 10.1 Å². The molecule has 6 heteroatoms. The zero-order valence-corrected chi connectivity index (χ0v) is 9.79. The van der Waals surface area contributed by atoms with Crippen LogP contribution >= 0.6 is 0 Å². The summed E-state index contributed by atoms with van der Waals surface area (Å²) >= 11 is 0. The van der Waals surface area contributed by atoms with Crippen molar-refractivity contribution in [1.29, 1.82) is 0 Å². The van der Waals surface area contributed by atoms with Gasteiger partial charge in [0.15, 0.2) is 6.61 Å². The Balaban J connectivity index is 2.01. The Labute approximate surface area is 103 Å². The number of aryl methyl sites for hydroxylation is 1. The van der Waals surface area contributed by atoms with E-state index >= 15 is 0 Å². The van der Waals surface area contributed by atoms with Crippen LogP contribution in [0, 0.1) is 0 Å². The maximum absolute atomic E-state index is 10.8. The molecular formula is C12H12N2O4. The van der Waals surface area contributed by atoms with Crippen molar-refractivity contribution in [3.63, 3.8) is 0 Å². The number of rotatable bonds is 5. The number of nitrogens with zero attached hydrogens (tertiary/aromatic N) is 2. The van der Waals surface area contributed by atoms with Gasteiger partial charge in [-0.1, -0.05) is 18.1 Å². The van der Waals surface area contributed by atoms with E-state index in [2.05, 4.69) is 10.1 Å². The van der Waals surface area contributed by atoms with Gasteiger partial charge in [0.05, 0.1) is 5.56 Å². The summed E-state index contributed by atoms with van der Waals surface area (Å²) in [6.45, 7) is 2.06. The molecule has 18 heavy (non-hydrogen) atoms. The molecule has 0 aliphatic heterocycles. The molecule has 0 aliphatic rings. The second-order valence-corrected chi connectivity index (χ2v) is 3.58. The lowest BCUT2D eigenvalue weighted by Gasteiger charge is -2.03. The van der Waals surface area contributed by atoms with E-state index in [-0.39, 0.29) is 12.2 Å². The Morgan fingerprint density at radius 3 is 3.00 bits per heavy atom. The number of carbonyl (C=O) groups is 1. The molecule has 0 bridgehead atoms. The van der Waals surface area contributed by atoms with Gasteiger partial charge in [0.25, 0.3) is 0 Å². The van der Waals surface area contributed by atoms with E-state index < -0.39 is 5.97 Å². The molecule has 0 spiro atoms. The molecule has 2 rings (SSSR count). The second kappa shape index (κ2) is 5.31. The summed E-state index contributed by atoms with van der Waals surface area (Å²) in [4.78, 5) is 14.9. The van der Waals surface area contributed by atoms with Crippen LogP contribution in [0.1, 0.15) is 29.0 Å². The van der Waals surface area contributed by atoms with Crippen LogP contribution in [-0.2, 0) is 13.0 Å². The van der Waals surface area contributed by atoms with Crippen LogP contribution in [-0.4, -0.2) is 21.2 Å². The van der Waals surface area contributed by atoms with E-state index in [0.29, 0.717) is 23.9 Å². The first-order chi connectivity index (χ1) is 8.69. The summed E-state index contributed by atoms with van der Waals surface area (Å²) in [6, 6.07) is 6.24. The van der Waals surface area contributed by atoms with Gasteiger partial charge in [-0.25, -0.2) is 4.79 Å². The highest BCUT2D eigenvalue weighted by Gasteiger charge is 2.07. The van der Waals surface area contributed by atoms with E-state index in [1.807, 2.05) is 6.92 Å². The van der Waals surface area contributed by atoms with E-state index in [1.54, 1.807) is 12.1 Å². The van der Waals surface area contributed by atoms with E-state index in [4.69, 9.17) is 14.4 Å². The summed E-state index contributed by atoms with van der Waals surface area (Å²) in [5.41, 5.74) is 0.176. The summed E-state index contributed by atoms with van der Waals surface area (Å²) in [5.74, 6) is 0.450. The minimum Gasteiger partial charge on any atom is -0.485 e. The number of hydrogen-bond donors (Lipinski definition) is 1. The topological polar surface area (TPSA) is 85.5 Å². The third-order valence-corrected chi connectivity index (χ3v) is 2.26. The van der Waals surface area contributed by atoms with Crippen molar-refractivity contribution in [2.45, 2.75) is 20.0 Å². The highest BCUT2D eigenvalue weighted by atomic mass is 16.5. The number of aromatic carboxylic acids is 1. The van der Waals surface area contributed by atoms with Gasteiger partial charge in [-0.05, 0) is 18.2 Å². The van der Waals surface area contributed by atoms with E-state index in [1.165, 1.54) is 12.1 Å². The van der Waals surface area contributed by atoms with E-state index in [0.717, 1.165) is 0 Å². The summed E-state index contributed by atoms with van der Waals surface area (Å²) in [6.07, 6.45) is 0.668. The summed E-state index contributed by atoms with van der Waals surface area (Å²) < 4.78 is 10.3. The summed E-state index contributed by atoms with van der Waals surface area (Å²) in [7, 11) is 0. The first-order valence-corrected chi connectivity index (χ1v) is 5.46. The average molecular weight is 248 g/mol. The highest BCUT2D eigenvalue weighted by molar-refractivity contribution is 5.87. The lowest BCUT2D eigenvalue weighted by Crippen LogP contribution is -2.00. The highest BCUT2D eigenvalue weighted by Crippen LogP contribution is 2.14. The smallest absolute Gasteiger partial charge is 0.335 e. The molecule has 0 saturated carbocycles. The first-order valence-electron chi connectivity index (χ1n) is 5.46. The number of ether oxygens (including phenoxy) is 1. The Hall–Kier alpha value is -2.37. The molecule has 0 unspecified atom stereocenters. The fourth-order valence-corrected chi connectivity index (χ4v) is 1.36. The van der Waals surface area contributed by atoms with Crippen molar-refractivity contribution in [3.05, 3.63) is 41.5 Å². The number of aromatic nitrogens is 2. The Bertz CT molecular complexity index is 551. The molecule has 0 radical (unpaired) electrons. The molecule has 0 aliphatic carbocycles. The number of carboxylic acids is 1. The van der Waals surface area contributed by atoms with Gasteiger partial charge in [-0.15, -0.1) is 0 Å². The fourth-order valence-electron chi connectivity index (χ4n) is 1.36. The maximum Gasteiger partial charge on any atom is 0.335 e. The number of carboxylic acid groups (broad SMARTS) is 1. The fraction of sp³-hybridized carbons (Fsp3) is 0.250. The zero-order valence-electron chi connectivity index (χ0n) is 9.79. The maximum atomic E-state index is 10.8. The van der Waals surface area contributed by atoms with Crippen LogP contribution in [0.5, 0.6) is 5.75 Å². The van der Waals surface area contributed by atoms with Crippen molar-refractivity contribution in [2.24, 2.45) is 0 Å². The molecular weight excluding hydrogens is 236 g/mol. The van der Waals surface area contributed by atoms with Crippen LogP contribution in [0.2, 0.25) is 0 Å². The standard InChI is InChI=1S/C12H12N2O4/c1-2-11-13-10(14-18-11)7-17-9-5-3-4-8(6-9)12(15)16/h3-6H,2,7H2,1H3,(H,15,16). The van der Waals surface area contributed by atoms with Crippen LogP contribution < -0.4 is 4.74 Å². The van der Waals surface area contributed by atoms with Gasteiger partial charge in [0.2, 0.25) is 11.7 Å². The molecule has 1 heterocycles. The predicted octanol–water partition coefficient (Wildman–Crippen LogP) is 1.91. The molecule has 1 aromatic carbocycles. The molecule has 6 nitrogen and oxygen atoms in total. The normalized spacial score (nSPS) is 10.3. The van der Waals surface area contributed by atoms with Crippen LogP contribution in [0.25, 0.3) is 0 Å². The molecule has 1 aromatic heterocycles. The number of benzene rings is 1. The minimum absolute atomic E-state index is 0.145. The van der Waals surface area contributed by atoms with Crippen molar-refractivity contribution in [2.75, 3.05) is 0 Å². The molecule has 94 valence electrons. The van der Waals surface area contributed by atoms with Crippen LogP contribution in [0.3, 0.4) is 0 Å². The Morgan fingerprint density at radius 2 is 2.33 bits per heavy atom.